The van der Waals surface area contributed by atoms with Crippen LogP contribution in [0.1, 0.15) is 24.2 Å². The molecule has 0 bridgehead atoms. The molecule has 0 spiro atoms. The highest BCUT2D eigenvalue weighted by molar-refractivity contribution is 5.81. The molecule has 0 saturated carbocycles. The van der Waals surface area contributed by atoms with Crippen LogP contribution in [0.4, 0.5) is 0 Å². The number of rotatable bonds is 4. The summed E-state index contributed by atoms with van der Waals surface area (Å²) in [5.74, 6) is 0. The molecule has 2 aromatic heterocycles. The van der Waals surface area contributed by atoms with E-state index in [9.17, 15) is 0 Å². The van der Waals surface area contributed by atoms with Gasteiger partial charge >= 0.3 is 0 Å². The molecule has 3 rings (SSSR count). The van der Waals surface area contributed by atoms with Crippen molar-refractivity contribution in [3.8, 4) is 0 Å². The summed E-state index contributed by atoms with van der Waals surface area (Å²) in [6.07, 6.45) is 5.55. The number of fused-ring (bicyclic) bond motifs is 1. The van der Waals surface area contributed by atoms with Crippen LogP contribution in [0.5, 0.6) is 0 Å². The number of nitrogens with zero attached hydrogens (tertiary/aromatic N) is 2. The molecule has 0 fully saturated rings. The summed E-state index contributed by atoms with van der Waals surface area (Å²) >= 11 is 0. The van der Waals surface area contributed by atoms with Gasteiger partial charge in [-0.2, -0.15) is 0 Å². The molecule has 2 heterocycles. The molecule has 0 amide bonds. The first-order valence-corrected chi connectivity index (χ1v) is 6.80. The highest BCUT2D eigenvalue weighted by Crippen LogP contribution is 2.15. The fourth-order valence-electron chi connectivity index (χ4n) is 2.25. The minimum Gasteiger partial charge on any atom is -0.305 e. The third-order valence-corrected chi connectivity index (χ3v) is 3.45. The summed E-state index contributed by atoms with van der Waals surface area (Å²) in [4.78, 5) is 8.50. The number of hydrogen-bond acceptors (Lipinski definition) is 3. The van der Waals surface area contributed by atoms with Crippen LogP contribution in [0, 0.1) is 0 Å². The monoisotopic (exact) mass is 263 g/mol. The molecule has 3 nitrogen and oxygen atoms in total. The van der Waals surface area contributed by atoms with Gasteiger partial charge < -0.3 is 5.32 Å². The van der Waals surface area contributed by atoms with Crippen LogP contribution in [0.15, 0.2) is 61.1 Å². The predicted octanol–water partition coefficient (Wildman–Crippen LogP) is 3.48. The second-order valence-corrected chi connectivity index (χ2v) is 4.91. The Balaban J connectivity index is 1.70. The highest BCUT2D eigenvalue weighted by atomic mass is 14.9. The van der Waals surface area contributed by atoms with Crippen LogP contribution in [0.2, 0.25) is 0 Å². The smallest absolute Gasteiger partial charge is 0.0570 e. The average Bonchev–Trinajstić information content (AvgIpc) is 2.53. The number of hydrogen-bond donors (Lipinski definition) is 1. The molecule has 20 heavy (non-hydrogen) atoms. The Labute approximate surface area is 118 Å². The van der Waals surface area contributed by atoms with E-state index in [-0.39, 0.29) is 6.04 Å². The van der Waals surface area contributed by atoms with Gasteiger partial charge in [-0.3, -0.25) is 9.97 Å². The van der Waals surface area contributed by atoms with Gasteiger partial charge in [-0.25, -0.2) is 0 Å². The van der Waals surface area contributed by atoms with Gasteiger partial charge in [0.05, 0.1) is 5.69 Å². The Bertz CT molecular complexity index is 695. The van der Waals surface area contributed by atoms with Gasteiger partial charge in [0.2, 0.25) is 0 Å². The molecule has 0 saturated heterocycles. The Morgan fingerprint density at radius 2 is 2.00 bits per heavy atom. The minimum absolute atomic E-state index is 0.240. The molecular formula is C17H17N3. The molecule has 1 aromatic carbocycles. The number of benzene rings is 1. The largest absolute Gasteiger partial charge is 0.305 e. The quantitative estimate of drug-likeness (QED) is 0.783. The molecule has 100 valence electrons. The zero-order valence-electron chi connectivity index (χ0n) is 11.5. The SMILES string of the molecule is C[C@@H](NCc1ccc2cnccc2c1)c1ccccn1. The first kappa shape index (κ1) is 12.8. The first-order valence-electron chi connectivity index (χ1n) is 6.80. The maximum Gasteiger partial charge on any atom is 0.0570 e. The Hall–Kier alpha value is -2.26. The summed E-state index contributed by atoms with van der Waals surface area (Å²) in [6.45, 7) is 2.96. The molecule has 3 aromatic rings. The van der Waals surface area contributed by atoms with E-state index in [2.05, 4.69) is 40.4 Å². The topological polar surface area (TPSA) is 37.8 Å². The fraction of sp³-hybridized carbons (Fsp3) is 0.176. The Morgan fingerprint density at radius 3 is 2.85 bits per heavy atom. The lowest BCUT2D eigenvalue weighted by atomic mass is 10.1. The molecule has 0 aliphatic carbocycles. The summed E-state index contributed by atoms with van der Waals surface area (Å²) in [7, 11) is 0. The molecule has 1 atom stereocenters. The normalized spacial score (nSPS) is 12.4. The van der Waals surface area contributed by atoms with Crippen molar-refractivity contribution in [1.29, 1.82) is 0 Å². The van der Waals surface area contributed by atoms with E-state index >= 15 is 0 Å². The van der Waals surface area contributed by atoms with E-state index in [0.717, 1.165) is 12.2 Å². The molecular weight excluding hydrogens is 246 g/mol. The number of aromatic nitrogens is 2. The zero-order chi connectivity index (χ0) is 13.8. The molecule has 0 radical (unpaired) electrons. The van der Waals surface area contributed by atoms with E-state index in [1.165, 1.54) is 16.3 Å². The van der Waals surface area contributed by atoms with Gasteiger partial charge in [-0.1, -0.05) is 18.2 Å². The third kappa shape index (κ3) is 2.83. The van der Waals surface area contributed by atoms with Crippen molar-refractivity contribution in [3.63, 3.8) is 0 Å². The van der Waals surface area contributed by atoms with E-state index in [1.807, 2.05) is 42.9 Å². The first-order chi connectivity index (χ1) is 9.83. The van der Waals surface area contributed by atoms with E-state index in [1.54, 1.807) is 0 Å². The van der Waals surface area contributed by atoms with Crippen molar-refractivity contribution in [2.75, 3.05) is 0 Å². The van der Waals surface area contributed by atoms with E-state index in [0.29, 0.717) is 0 Å². The van der Waals surface area contributed by atoms with E-state index < -0.39 is 0 Å². The minimum atomic E-state index is 0.240. The lowest BCUT2D eigenvalue weighted by Crippen LogP contribution is -2.18. The van der Waals surface area contributed by atoms with Crippen molar-refractivity contribution < 1.29 is 0 Å². The van der Waals surface area contributed by atoms with Gasteiger partial charge in [-0.15, -0.1) is 0 Å². The van der Waals surface area contributed by atoms with Gasteiger partial charge in [0, 0.05) is 36.6 Å². The van der Waals surface area contributed by atoms with Crippen molar-refractivity contribution in [2.45, 2.75) is 19.5 Å². The summed E-state index contributed by atoms with van der Waals surface area (Å²) in [5, 5.41) is 5.90. The second-order valence-electron chi connectivity index (χ2n) is 4.91. The van der Waals surface area contributed by atoms with Crippen molar-refractivity contribution >= 4 is 10.8 Å². The maximum absolute atomic E-state index is 4.37. The van der Waals surface area contributed by atoms with Crippen LogP contribution >= 0.6 is 0 Å². The molecule has 0 aliphatic rings. The van der Waals surface area contributed by atoms with Crippen LogP contribution in [-0.4, -0.2) is 9.97 Å². The van der Waals surface area contributed by atoms with Gasteiger partial charge in [0.15, 0.2) is 0 Å². The van der Waals surface area contributed by atoms with Crippen molar-refractivity contribution in [3.05, 3.63) is 72.3 Å². The second kappa shape index (κ2) is 5.80. The van der Waals surface area contributed by atoms with Gasteiger partial charge in [-0.05, 0) is 42.1 Å². The summed E-state index contributed by atoms with van der Waals surface area (Å²) in [5.41, 5.74) is 2.34. The fourth-order valence-corrected chi connectivity index (χ4v) is 2.25. The standard InChI is InChI=1S/C17H17N3/c1-13(17-4-2-3-8-19-17)20-11-14-5-6-16-12-18-9-7-15(16)10-14/h2-10,12-13,20H,11H2,1H3/t13-/m1/s1. The summed E-state index contributed by atoms with van der Waals surface area (Å²) < 4.78 is 0. The lowest BCUT2D eigenvalue weighted by molar-refractivity contribution is 0.562. The molecule has 0 unspecified atom stereocenters. The van der Waals surface area contributed by atoms with Gasteiger partial charge in [0.1, 0.15) is 0 Å². The Morgan fingerprint density at radius 1 is 1.05 bits per heavy atom. The van der Waals surface area contributed by atoms with Crippen molar-refractivity contribution in [1.82, 2.24) is 15.3 Å². The number of pyridine rings is 2. The average molecular weight is 263 g/mol. The van der Waals surface area contributed by atoms with E-state index in [4.69, 9.17) is 0 Å². The third-order valence-electron chi connectivity index (χ3n) is 3.45. The predicted molar refractivity (Wildman–Crippen MR) is 81.2 cm³/mol. The van der Waals surface area contributed by atoms with Crippen LogP contribution in [0.3, 0.4) is 0 Å². The van der Waals surface area contributed by atoms with Crippen molar-refractivity contribution in [2.24, 2.45) is 0 Å². The van der Waals surface area contributed by atoms with Crippen LogP contribution in [0.25, 0.3) is 10.8 Å². The Kier molecular flexibility index (Phi) is 3.70. The summed E-state index contributed by atoms with van der Waals surface area (Å²) in [6, 6.07) is 14.7. The molecule has 1 N–H and O–H groups in total. The van der Waals surface area contributed by atoms with Gasteiger partial charge in [0.25, 0.3) is 0 Å². The van der Waals surface area contributed by atoms with Crippen LogP contribution < -0.4 is 5.32 Å². The number of nitrogens with one attached hydrogen (secondary N) is 1. The van der Waals surface area contributed by atoms with Crippen LogP contribution in [-0.2, 0) is 6.54 Å². The zero-order valence-corrected chi connectivity index (χ0v) is 11.5. The highest BCUT2D eigenvalue weighted by Gasteiger charge is 2.05. The molecule has 0 aliphatic heterocycles. The maximum atomic E-state index is 4.37. The molecule has 3 heteroatoms. The lowest BCUT2D eigenvalue weighted by Gasteiger charge is -2.13.